The molecule has 0 spiro atoms. The SMILES string of the molecule is CCOc1cccc(C2/C(=C(\O)c3ccc(OC)c(Br)c3)C(=O)C(=O)N2CCOC(C)C)c1. The second kappa shape index (κ2) is 10.9. The smallest absolute Gasteiger partial charge is 0.295 e. The minimum absolute atomic E-state index is 0.0156. The molecule has 1 atom stereocenters. The molecule has 0 aliphatic carbocycles. The van der Waals surface area contributed by atoms with Gasteiger partial charge < -0.3 is 24.2 Å². The van der Waals surface area contributed by atoms with E-state index in [4.69, 9.17) is 14.2 Å². The highest BCUT2D eigenvalue weighted by atomic mass is 79.9. The molecule has 1 unspecified atom stereocenters. The van der Waals surface area contributed by atoms with E-state index < -0.39 is 17.7 Å². The van der Waals surface area contributed by atoms with E-state index >= 15 is 0 Å². The van der Waals surface area contributed by atoms with E-state index in [0.717, 1.165) is 0 Å². The number of ether oxygens (including phenoxy) is 3. The first-order valence-corrected chi connectivity index (χ1v) is 11.5. The molecule has 1 aliphatic rings. The van der Waals surface area contributed by atoms with Crippen LogP contribution in [-0.4, -0.2) is 54.7 Å². The van der Waals surface area contributed by atoms with Crippen molar-refractivity contribution < 1.29 is 28.9 Å². The summed E-state index contributed by atoms with van der Waals surface area (Å²) < 4.78 is 17.1. The monoisotopic (exact) mass is 517 g/mol. The number of carbonyl (C=O) groups is 2. The van der Waals surface area contributed by atoms with E-state index in [2.05, 4.69) is 15.9 Å². The molecule has 1 aliphatic heterocycles. The Balaban J connectivity index is 2.12. The normalized spacial score (nSPS) is 17.6. The Kier molecular flexibility index (Phi) is 8.15. The fraction of sp³-hybridized carbons (Fsp3) is 0.360. The Morgan fingerprint density at radius 2 is 1.94 bits per heavy atom. The number of amides is 1. The number of aliphatic hydroxyl groups is 1. The molecule has 0 radical (unpaired) electrons. The van der Waals surface area contributed by atoms with Gasteiger partial charge in [-0.15, -0.1) is 0 Å². The number of likely N-dealkylation sites (tertiary alicyclic amines) is 1. The molecule has 2 aromatic rings. The molecule has 8 heteroatoms. The lowest BCUT2D eigenvalue weighted by Crippen LogP contribution is -2.33. The van der Waals surface area contributed by atoms with Crippen molar-refractivity contribution in [1.29, 1.82) is 0 Å². The van der Waals surface area contributed by atoms with Gasteiger partial charge >= 0.3 is 0 Å². The Hall–Kier alpha value is -2.84. The van der Waals surface area contributed by atoms with Crippen LogP contribution in [0.3, 0.4) is 0 Å². The number of rotatable bonds is 9. The quantitative estimate of drug-likeness (QED) is 0.294. The van der Waals surface area contributed by atoms with Crippen LogP contribution in [-0.2, 0) is 14.3 Å². The van der Waals surface area contributed by atoms with Crippen LogP contribution in [0, 0.1) is 0 Å². The zero-order valence-electron chi connectivity index (χ0n) is 19.1. The van der Waals surface area contributed by atoms with Gasteiger partial charge in [-0.3, -0.25) is 9.59 Å². The Bertz CT molecular complexity index is 1060. The van der Waals surface area contributed by atoms with E-state index in [1.165, 1.54) is 12.0 Å². The number of methoxy groups -OCH3 is 1. The number of Topliss-reactive ketones (excluding diaryl/α,β-unsaturated/α-hetero) is 1. The predicted octanol–water partition coefficient (Wildman–Crippen LogP) is 4.70. The van der Waals surface area contributed by atoms with Gasteiger partial charge in [-0.05, 0) is 72.6 Å². The first kappa shape index (κ1) is 24.8. The summed E-state index contributed by atoms with van der Waals surface area (Å²) in [6, 6.07) is 11.4. The molecule has 3 rings (SSSR count). The van der Waals surface area contributed by atoms with Gasteiger partial charge in [0, 0.05) is 12.1 Å². The highest BCUT2D eigenvalue weighted by Crippen LogP contribution is 2.41. The molecular formula is C25H28BrNO6. The van der Waals surface area contributed by atoms with Crippen LogP contribution in [0.2, 0.25) is 0 Å². The summed E-state index contributed by atoms with van der Waals surface area (Å²) in [5.41, 5.74) is 1.08. The zero-order chi connectivity index (χ0) is 24.1. The van der Waals surface area contributed by atoms with Gasteiger partial charge in [-0.25, -0.2) is 0 Å². The fourth-order valence-corrected chi connectivity index (χ4v) is 4.29. The molecule has 2 aromatic carbocycles. The van der Waals surface area contributed by atoms with Crippen LogP contribution in [0.25, 0.3) is 5.76 Å². The van der Waals surface area contributed by atoms with Gasteiger partial charge in [0.25, 0.3) is 11.7 Å². The second-order valence-electron chi connectivity index (χ2n) is 7.77. The summed E-state index contributed by atoms with van der Waals surface area (Å²) in [6.45, 7) is 6.63. The number of halogens is 1. The number of nitrogens with zero attached hydrogens (tertiary/aromatic N) is 1. The summed E-state index contributed by atoms with van der Waals surface area (Å²) in [5.74, 6) is -0.472. The van der Waals surface area contributed by atoms with Gasteiger partial charge in [0.05, 0.1) is 42.5 Å². The van der Waals surface area contributed by atoms with Crippen molar-refractivity contribution in [1.82, 2.24) is 4.90 Å². The number of ketones is 1. The number of carbonyl (C=O) groups excluding carboxylic acids is 2. The van der Waals surface area contributed by atoms with Crippen molar-refractivity contribution >= 4 is 33.4 Å². The molecule has 33 heavy (non-hydrogen) atoms. The Morgan fingerprint density at radius 1 is 1.18 bits per heavy atom. The summed E-state index contributed by atoms with van der Waals surface area (Å²) in [5, 5.41) is 11.2. The van der Waals surface area contributed by atoms with E-state index in [-0.39, 0.29) is 30.6 Å². The second-order valence-corrected chi connectivity index (χ2v) is 8.62. The van der Waals surface area contributed by atoms with E-state index in [0.29, 0.717) is 33.7 Å². The van der Waals surface area contributed by atoms with Crippen molar-refractivity contribution in [2.24, 2.45) is 0 Å². The van der Waals surface area contributed by atoms with Gasteiger partial charge in [0.15, 0.2) is 0 Å². The third-order valence-corrected chi connectivity index (χ3v) is 5.85. The maximum Gasteiger partial charge on any atom is 0.295 e. The Labute approximate surface area is 202 Å². The molecule has 0 bridgehead atoms. The summed E-state index contributed by atoms with van der Waals surface area (Å²) in [6.07, 6.45) is -0.0156. The van der Waals surface area contributed by atoms with Crippen molar-refractivity contribution in [3.8, 4) is 11.5 Å². The van der Waals surface area contributed by atoms with Gasteiger partial charge in [0.2, 0.25) is 0 Å². The number of benzene rings is 2. The molecule has 176 valence electrons. The standard InChI is InChI=1S/C25H28BrNO6/c1-5-32-18-8-6-7-16(13-18)22-21(23(28)17-9-10-20(31-4)19(26)14-17)24(29)25(30)27(22)11-12-33-15(2)3/h6-10,13-15,22,28H,5,11-12H2,1-4H3/b23-21+. The molecule has 7 nitrogen and oxygen atoms in total. The summed E-state index contributed by atoms with van der Waals surface area (Å²) in [4.78, 5) is 27.6. The van der Waals surface area contributed by atoms with Gasteiger partial charge in [-0.1, -0.05) is 12.1 Å². The lowest BCUT2D eigenvalue weighted by atomic mass is 9.95. The molecule has 1 heterocycles. The van der Waals surface area contributed by atoms with Crippen molar-refractivity contribution in [2.45, 2.75) is 32.9 Å². The van der Waals surface area contributed by atoms with Crippen LogP contribution < -0.4 is 9.47 Å². The third-order valence-electron chi connectivity index (χ3n) is 5.23. The largest absolute Gasteiger partial charge is 0.507 e. The van der Waals surface area contributed by atoms with Gasteiger partial charge in [0.1, 0.15) is 17.3 Å². The first-order valence-electron chi connectivity index (χ1n) is 10.7. The Morgan fingerprint density at radius 3 is 2.58 bits per heavy atom. The highest BCUT2D eigenvalue weighted by Gasteiger charge is 2.46. The van der Waals surface area contributed by atoms with E-state index in [1.807, 2.05) is 32.9 Å². The molecule has 0 aromatic heterocycles. The van der Waals surface area contributed by atoms with Crippen LogP contribution in [0.1, 0.15) is 37.9 Å². The maximum absolute atomic E-state index is 13.1. The fourth-order valence-electron chi connectivity index (χ4n) is 3.75. The molecule has 1 N–H and O–H groups in total. The minimum Gasteiger partial charge on any atom is -0.507 e. The van der Waals surface area contributed by atoms with Gasteiger partial charge in [-0.2, -0.15) is 0 Å². The maximum atomic E-state index is 13.1. The van der Waals surface area contributed by atoms with Crippen LogP contribution in [0.15, 0.2) is 52.5 Å². The third kappa shape index (κ3) is 5.39. The molecule has 1 amide bonds. The lowest BCUT2D eigenvalue weighted by Gasteiger charge is -2.26. The first-order chi connectivity index (χ1) is 15.8. The highest BCUT2D eigenvalue weighted by molar-refractivity contribution is 9.10. The molecule has 0 saturated carbocycles. The summed E-state index contributed by atoms with van der Waals surface area (Å²) >= 11 is 3.40. The van der Waals surface area contributed by atoms with Crippen LogP contribution >= 0.6 is 15.9 Å². The number of hydrogen-bond donors (Lipinski definition) is 1. The van der Waals surface area contributed by atoms with E-state index in [1.54, 1.807) is 30.3 Å². The van der Waals surface area contributed by atoms with Crippen molar-refractivity contribution in [2.75, 3.05) is 26.9 Å². The number of hydrogen-bond acceptors (Lipinski definition) is 6. The topological polar surface area (TPSA) is 85.3 Å². The predicted molar refractivity (Wildman–Crippen MR) is 128 cm³/mol. The average Bonchev–Trinajstić information content (AvgIpc) is 3.04. The van der Waals surface area contributed by atoms with Crippen LogP contribution in [0.4, 0.5) is 0 Å². The van der Waals surface area contributed by atoms with E-state index in [9.17, 15) is 14.7 Å². The summed E-state index contributed by atoms with van der Waals surface area (Å²) in [7, 11) is 1.54. The average molecular weight is 518 g/mol. The molecular weight excluding hydrogens is 490 g/mol. The molecule has 1 saturated heterocycles. The minimum atomic E-state index is -0.776. The van der Waals surface area contributed by atoms with Crippen molar-refractivity contribution in [3.63, 3.8) is 0 Å². The molecule has 1 fully saturated rings. The van der Waals surface area contributed by atoms with Crippen molar-refractivity contribution in [3.05, 3.63) is 63.6 Å². The van der Waals surface area contributed by atoms with Crippen LogP contribution in [0.5, 0.6) is 11.5 Å². The zero-order valence-corrected chi connectivity index (χ0v) is 20.7. The lowest BCUT2D eigenvalue weighted by molar-refractivity contribution is -0.140. The number of aliphatic hydroxyl groups excluding tert-OH is 1.